The molecular weight excluding hydrogens is 355 g/mol. The van der Waals surface area contributed by atoms with E-state index >= 15 is 0 Å². The monoisotopic (exact) mass is 363 g/mol. The van der Waals surface area contributed by atoms with Gasteiger partial charge in [-0.2, -0.15) is 0 Å². The molecule has 2 rings (SSSR count). The Balaban J connectivity index is 2.34. The van der Waals surface area contributed by atoms with Crippen molar-refractivity contribution >= 4 is 40.0 Å². The van der Waals surface area contributed by atoms with Crippen LogP contribution in [0.4, 0.5) is 14.5 Å². The Bertz CT molecular complexity index is 560. The first kappa shape index (κ1) is 12.6. The van der Waals surface area contributed by atoms with Gasteiger partial charge in [-0.05, 0) is 59.0 Å². The Morgan fingerprint density at radius 2 is 1.76 bits per heavy atom. The molecular formula is C12H8F2INS. The zero-order valence-electron chi connectivity index (χ0n) is 8.58. The molecule has 2 aromatic carbocycles. The number of nitrogens with two attached hydrogens (primary N) is 1. The van der Waals surface area contributed by atoms with Crippen LogP contribution in [-0.2, 0) is 0 Å². The van der Waals surface area contributed by atoms with Crippen LogP contribution in [0.25, 0.3) is 0 Å². The van der Waals surface area contributed by atoms with Gasteiger partial charge < -0.3 is 5.73 Å². The maximum atomic E-state index is 13.5. The molecule has 88 valence electrons. The van der Waals surface area contributed by atoms with Gasteiger partial charge in [0.15, 0.2) is 0 Å². The molecule has 0 aromatic heterocycles. The Hall–Kier alpha value is -0.820. The first-order chi connectivity index (χ1) is 8.06. The second-order valence-electron chi connectivity index (χ2n) is 3.37. The number of benzene rings is 2. The highest BCUT2D eigenvalue weighted by Gasteiger charge is 2.08. The molecule has 0 fully saturated rings. The highest BCUT2D eigenvalue weighted by Crippen LogP contribution is 2.34. The molecule has 0 amide bonds. The van der Waals surface area contributed by atoms with E-state index in [9.17, 15) is 8.78 Å². The van der Waals surface area contributed by atoms with Crippen LogP contribution >= 0.6 is 34.4 Å². The Labute approximate surface area is 116 Å². The third-order valence-electron chi connectivity index (χ3n) is 2.07. The molecule has 0 radical (unpaired) electrons. The van der Waals surface area contributed by atoms with Crippen LogP contribution in [0.15, 0.2) is 46.2 Å². The lowest BCUT2D eigenvalue weighted by molar-refractivity contribution is 0.577. The molecule has 17 heavy (non-hydrogen) atoms. The lowest BCUT2D eigenvalue weighted by Gasteiger charge is -2.06. The summed E-state index contributed by atoms with van der Waals surface area (Å²) in [5.41, 5.74) is 6.28. The standard InChI is InChI=1S/C12H8F2INS/c13-7-1-3-9(14)12(5-7)17-11-4-2-8(16)6-10(11)15/h1-6H,16H2. The van der Waals surface area contributed by atoms with E-state index in [-0.39, 0.29) is 4.90 Å². The summed E-state index contributed by atoms with van der Waals surface area (Å²) in [7, 11) is 0. The number of hydrogen-bond donors (Lipinski definition) is 1. The van der Waals surface area contributed by atoms with Gasteiger partial charge in [-0.1, -0.05) is 11.8 Å². The zero-order chi connectivity index (χ0) is 12.4. The highest BCUT2D eigenvalue weighted by molar-refractivity contribution is 14.1. The molecule has 0 saturated heterocycles. The SMILES string of the molecule is Nc1ccc(Sc2cc(F)ccc2F)c(I)c1. The Kier molecular flexibility index (Phi) is 3.88. The maximum Gasteiger partial charge on any atom is 0.137 e. The molecule has 0 bridgehead atoms. The van der Waals surface area contributed by atoms with Crippen molar-refractivity contribution in [3.63, 3.8) is 0 Å². The number of nitrogen functional groups attached to an aromatic ring is 1. The van der Waals surface area contributed by atoms with Gasteiger partial charge in [-0.3, -0.25) is 0 Å². The highest BCUT2D eigenvalue weighted by atomic mass is 127. The minimum absolute atomic E-state index is 0.271. The van der Waals surface area contributed by atoms with E-state index < -0.39 is 11.6 Å². The fraction of sp³-hybridized carbons (Fsp3) is 0. The van der Waals surface area contributed by atoms with Gasteiger partial charge in [0.2, 0.25) is 0 Å². The summed E-state index contributed by atoms with van der Waals surface area (Å²) >= 11 is 3.30. The summed E-state index contributed by atoms with van der Waals surface area (Å²) in [6.07, 6.45) is 0. The fourth-order valence-corrected chi connectivity index (χ4v) is 3.01. The summed E-state index contributed by atoms with van der Waals surface area (Å²) in [5.74, 6) is -0.872. The van der Waals surface area contributed by atoms with Crippen LogP contribution in [0, 0.1) is 15.2 Å². The lowest BCUT2D eigenvalue weighted by Crippen LogP contribution is -1.88. The van der Waals surface area contributed by atoms with Crippen molar-refractivity contribution in [2.45, 2.75) is 9.79 Å². The van der Waals surface area contributed by atoms with E-state index in [0.29, 0.717) is 5.69 Å². The van der Waals surface area contributed by atoms with Gasteiger partial charge in [0, 0.05) is 14.2 Å². The summed E-state index contributed by atoms with van der Waals surface area (Å²) < 4.78 is 27.4. The van der Waals surface area contributed by atoms with Crippen molar-refractivity contribution < 1.29 is 8.78 Å². The van der Waals surface area contributed by atoms with Crippen LogP contribution in [0.3, 0.4) is 0 Å². The largest absolute Gasteiger partial charge is 0.399 e. The average Bonchev–Trinajstić information content (AvgIpc) is 2.27. The van der Waals surface area contributed by atoms with Crippen molar-refractivity contribution in [2.75, 3.05) is 5.73 Å². The molecule has 0 atom stereocenters. The molecule has 1 nitrogen and oxygen atoms in total. The molecule has 0 heterocycles. The molecule has 0 aliphatic heterocycles. The van der Waals surface area contributed by atoms with Gasteiger partial charge in [-0.25, -0.2) is 8.78 Å². The summed E-state index contributed by atoms with van der Waals surface area (Å²) in [4.78, 5) is 1.12. The minimum atomic E-state index is -0.445. The second-order valence-corrected chi connectivity index (χ2v) is 5.61. The van der Waals surface area contributed by atoms with Crippen molar-refractivity contribution in [1.82, 2.24) is 0 Å². The minimum Gasteiger partial charge on any atom is -0.399 e. The van der Waals surface area contributed by atoms with Crippen LogP contribution in [0.2, 0.25) is 0 Å². The van der Waals surface area contributed by atoms with Crippen molar-refractivity contribution in [2.24, 2.45) is 0 Å². The lowest BCUT2D eigenvalue weighted by atomic mass is 10.3. The van der Waals surface area contributed by atoms with Gasteiger partial charge in [0.25, 0.3) is 0 Å². The van der Waals surface area contributed by atoms with Gasteiger partial charge in [0.1, 0.15) is 11.6 Å². The fourth-order valence-electron chi connectivity index (χ4n) is 1.27. The molecule has 2 aromatic rings. The molecule has 0 aliphatic carbocycles. The van der Waals surface area contributed by atoms with Gasteiger partial charge in [-0.15, -0.1) is 0 Å². The average molecular weight is 363 g/mol. The first-order valence-corrected chi connectivity index (χ1v) is 6.64. The second kappa shape index (κ2) is 5.22. The number of hydrogen-bond acceptors (Lipinski definition) is 2. The Morgan fingerprint density at radius 3 is 2.47 bits per heavy atom. The number of anilines is 1. The molecule has 2 N–H and O–H groups in total. The maximum absolute atomic E-state index is 13.5. The van der Waals surface area contributed by atoms with Crippen LogP contribution in [-0.4, -0.2) is 0 Å². The topological polar surface area (TPSA) is 26.0 Å². The van der Waals surface area contributed by atoms with Crippen molar-refractivity contribution in [3.05, 3.63) is 51.6 Å². The predicted molar refractivity (Wildman–Crippen MR) is 74.1 cm³/mol. The van der Waals surface area contributed by atoms with Gasteiger partial charge >= 0.3 is 0 Å². The molecule has 5 heteroatoms. The van der Waals surface area contributed by atoms with Crippen molar-refractivity contribution in [1.29, 1.82) is 0 Å². The quantitative estimate of drug-likeness (QED) is 0.636. The summed E-state index contributed by atoms with van der Waals surface area (Å²) in [6, 6.07) is 8.75. The smallest absolute Gasteiger partial charge is 0.137 e. The van der Waals surface area contributed by atoms with Crippen LogP contribution in [0.1, 0.15) is 0 Å². The van der Waals surface area contributed by atoms with E-state index in [1.807, 2.05) is 0 Å². The number of halogens is 3. The summed E-state index contributed by atoms with van der Waals surface area (Å²) in [5, 5.41) is 0. The summed E-state index contributed by atoms with van der Waals surface area (Å²) in [6.45, 7) is 0. The molecule has 0 unspecified atom stereocenters. The first-order valence-electron chi connectivity index (χ1n) is 4.74. The van der Waals surface area contributed by atoms with E-state index in [0.717, 1.165) is 20.6 Å². The van der Waals surface area contributed by atoms with E-state index in [1.165, 1.54) is 17.8 Å². The van der Waals surface area contributed by atoms with Crippen molar-refractivity contribution in [3.8, 4) is 0 Å². The Morgan fingerprint density at radius 1 is 1.00 bits per heavy atom. The van der Waals surface area contributed by atoms with E-state index in [1.54, 1.807) is 18.2 Å². The molecule has 0 saturated carbocycles. The molecule has 0 aliphatic rings. The third-order valence-corrected chi connectivity index (χ3v) is 4.44. The molecule has 0 spiro atoms. The number of rotatable bonds is 2. The van der Waals surface area contributed by atoms with E-state index in [4.69, 9.17) is 5.73 Å². The zero-order valence-corrected chi connectivity index (χ0v) is 11.6. The third kappa shape index (κ3) is 3.10. The van der Waals surface area contributed by atoms with Gasteiger partial charge in [0.05, 0.1) is 4.90 Å². The van der Waals surface area contributed by atoms with Crippen LogP contribution < -0.4 is 5.73 Å². The normalized spacial score (nSPS) is 10.5. The van der Waals surface area contributed by atoms with E-state index in [2.05, 4.69) is 22.6 Å². The van der Waals surface area contributed by atoms with Crippen LogP contribution in [0.5, 0.6) is 0 Å². The predicted octanol–water partition coefficient (Wildman–Crippen LogP) is 4.30.